The van der Waals surface area contributed by atoms with Gasteiger partial charge in [-0.2, -0.15) is 0 Å². The topological polar surface area (TPSA) is 67.9 Å². The number of hydrogen-bond donors (Lipinski definition) is 1. The predicted octanol–water partition coefficient (Wildman–Crippen LogP) is 2.64. The molecule has 1 heterocycles. The molecule has 0 saturated carbocycles. The van der Waals surface area contributed by atoms with Crippen LogP contribution in [-0.2, 0) is 9.53 Å². The lowest BCUT2D eigenvalue weighted by Crippen LogP contribution is -2.36. The molecule has 6 heteroatoms. The van der Waals surface area contributed by atoms with Crippen LogP contribution in [0.4, 0.5) is 10.5 Å². The molecule has 1 atom stereocenters. The Morgan fingerprint density at radius 1 is 1.41 bits per heavy atom. The van der Waals surface area contributed by atoms with Gasteiger partial charge in [-0.1, -0.05) is 13.3 Å². The molecule has 1 N–H and O–H groups in total. The number of rotatable bonds is 7. The first-order chi connectivity index (χ1) is 10.6. The van der Waals surface area contributed by atoms with Gasteiger partial charge in [0.25, 0.3) is 0 Å². The number of benzene rings is 1. The Hall–Kier alpha value is -2.24. The molecule has 0 spiro atoms. The van der Waals surface area contributed by atoms with Crippen molar-refractivity contribution in [2.45, 2.75) is 32.2 Å². The maximum atomic E-state index is 12.2. The second-order valence-electron chi connectivity index (χ2n) is 5.22. The Kier molecular flexibility index (Phi) is 5.63. The lowest BCUT2D eigenvalue weighted by molar-refractivity contribution is -0.128. The monoisotopic (exact) mass is 306 g/mol. The molecular formula is C16H22N2O4. The van der Waals surface area contributed by atoms with Crippen LogP contribution in [0.1, 0.15) is 26.2 Å². The van der Waals surface area contributed by atoms with E-state index < -0.39 is 6.09 Å². The molecule has 22 heavy (non-hydrogen) atoms. The van der Waals surface area contributed by atoms with Crippen molar-refractivity contribution in [3.05, 3.63) is 24.3 Å². The van der Waals surface area contributed by atoms with Crippen molar-refractivity contribution >= 4 is 17.7 Å². The highest BCUT2D eigenvalue weighted by Crippen LogP contribution is 2.19. The molecule has 2 amide bonds. The lowest BCUT2D eigenvalue weighted by Gasteiger charge is -2.21. The van der Waals surface area contributed by atoms with Crippen molar-refractivity contribution in [2.75, 3.05) is 25.6 Å². The van der Waals surface area contributed by atoms with Gasteiger partial charge in [0.05, 0.1) is 13.7 Å². The highest BCUT2D eigenvalue weighted by Gasteiger charge is 2.29. The van der Waals surface area contributed by atoms with Crippen molar-refractivity contribution in [1.82, 2.24) is 4.90 Å². The van der Waals surface area contributed by atoms with Gasteiger partial charge in [0.1, 0.15) is 12.4 Å². The van der Waals surface area contributed by atoms with E-state index in [2.05, 4.69) is 12.2 Å². The molecule has 1 aliphatic rings. The van der Waals surface area contributed by atoms with E-state index in [9.17, 15) is 9.59 Å². The van der Waals surface area contributed by atoms with Crippen molar-refractivity contribution in [1.29, 1.82) is 0 Å². The fourth-order valence-corrected chi connectivity index (χ4v) is 2.44. The van der Waals surface area contributed by atoms with E-state index in [-0.39, 0.29) is 25.0 Å². The standard InChI is InChI=1S/C16H22N2O4/c1-3-4-13(11-15(19)18-9-10-22-16(18)20)17-12-5-7-14(21-2)8-6-12/h5-8,13,17H,3-4,9-11H2,1-2H3. The zero-order chi connectivity index (χ0) is 15.9. The maximum Gasteiger partial charge on any atom is 0.416 e. The van der Waals surface area contributed by atoms with Gasteiger partial charge in [-0.15, -0.1) is 0 Å². The molecule has 1 fully saturated rings. The summed E-state index contributed by atoms with van der Waals surface area (Å²) in [5.41, 5.74) is 0.927. The first-order valence-corrected chi connectivity index (χ1v) is 7.51. The summed E-state index contributed by atoms with van der Waals surface area (Å²) in [6, 6.07) is 7.54. The highest BCUT2D eigenvalue weighted by molar-refractivity contribution is 5.93. The fourth-order valence-electron chi connectivity index (χ4n) is 2.44. The van der Waals surface area contributed by atoms with Crippen LogP contribution < -0.4 is 10.1 Å². The molecule has 0 bridgehead atoms. The molecule has 6 nitrogen and oxygen atoms in total. The van der Waals surface area contributed by atoms with Crippen LogP contribution in [-0.4, -0.2) is 43.2 Å². The Balaban J connectivity index is 1.96. The summed E-state index contributed by atoms with van der Waals surface area (Å²) in [6.07, 6.45) is 1.53. The van der Waals surface area contributed by atoms with E-state index in [1.165, 1.54) is 4.90 Å². The van der Waals surface area contributed by atoms with E-state index in [0.29, 0.717) is 6.54 Å². The molecule has 1 aliphatic heterocycles. The minimum atomic E-state index is -0.537. The van der Waals surface area contributed by atoms with E-state index in [1.807, 2.05) is 24.3 Å². The largest absolute Gasteiger partial charge is 0.497 e. The van der Waals surface area contributed by atoms with Gasteiger partial charge in [-0.3, -0.25) is 4.79 Å². The van der Waals surface area contributed by atoms with Gasteiger partial charge < -0.3 is 14.8 Å². The number of hydrogen-bond acceptors (Lipinski definition) is 5. The van der Waals surface area contributed by atoms with Gasteiger partial charge in [0.15, 0.2) is 0 Å². The third kappa shape index (κ3) is 4.13. The molecule has 1 aromatic carbocycles. The summed E-state index contributed by atoms with van der Waals surface area (Å²) in [6.45, 7) is 2.70. The quantitative estimate of drug-likeness (QED) is 0.838. The van der Waals surface area contributed by atoms with Crippen LogP contribution in [0, 0.1) is 0 Å². The highest BCUT2D eigenvalue weighted by atomic mass is 16.6. The third-order valence-electron chi connectivity index (χ3n) is 3.58. The minimum absolute atomic E-state index is 0.0145. The van der Waals surface area contributed by atoms with E-state index in [1.54, 1.807) is 7.11 Å². The number of methoxy groups -OCH3 is 1. The minimum Gasteiger partial charge on any atom is -0.497 e. The number of carbonyl (C=O) groups is 2. The Bertz CT molecular complexity index is 515. The molecule has 0 aliphatic carbocycles. The van der Waals surface area contributed by atoms with Crippen LogP contribution in [0.25, 0.3) is 0 Å². The summed E-state index contributed by atoms with van der Waals surface area (Å²) in [5, 5.41) is 3.35. The van der Waals surface area contributed by atoms with E-state index >= 15 is 0 Å². The second kappa shape index (κ2) is 7.68. The molecule has 0 radical (unpaired) electrons. The first-order valence-electron chi connectivity index (χ1n) is 7.51. The average Bonchev–Trinajstić information content (AvgIpc) is 2.94. The number of nitrogens with zero attached hydrogens (tertiary/aromatic N) is 1. The van der Waals surface area contributed by atoms with Crippen molar-refractivity contribution in [3.8, 4) is 5.75 Å². The van der Waals surface area contributed by atoms with Gasteiger partial charge in [-0.05, 0) is 30.7 Å². The summed E-state index contributed by atoms with van der Waals surface area (Å²) in [7, 11) is 1.62. The first kappa shape index (κ1) is 16.1. The SMILES string of the molecule is CCCC(CC(=O)N1CCOC1=O)Nc1ccc(OC)cc1. The van der Waals surface area contributed by atoms with Crippen LogP contribution in [0.3, 0.4) is 0 Å². The number of carbonyl (C=O) groups excluding carboxylic acids is 2. The van der Waals surface area contributed by atoms with E-state index in [0.717, 1.165) is 24.3 Å². The zero-order valence-corrected chi connectivity index (χ0v) is 13.0. The van der Waals surface area contributed by atoms with Crippen LogP contribution in [0.2, 0.25) is 0 Å². The summed E-state index contributed by atoms with van der Waals surface area (Å²) in [5.74, 6) is 0.593. The lowest BCUT2D eigenvalue weighted by atomic mass is 10.1. The summed E-state index contributed by atoms with van der Waals surface area (Å²) >= 11 is 0. The summed E-state index contributed by atoms with van der Waals surface area (Å²) in [4.78, 5) is 24.8. The van der Waals surface area contributed by atoms with Crippen LogP contribution >= 0.6 is 0 Å². The normalized spacial score (nSPS) is 15.4. The van der Waals surface area contributed by atoms with Crippen molar-refractivity contribution in [3.63, 3.8) is 0 Å². The number of imide groups is 1. The number of nitrogens with one attached hydrogen (secondary N) is 1. The van der Waals surface area contributed by atoms with Gasteiger partial charge in [0.2, 0.25) is 5.91 Å². The Labute approximate surface area is 130 Å². The predicted molar refractivity (Wildman–Crippen MR) is 83.0 cm³/mol. The number of cyclic esters (lactones) is 1. The van der Waals surface area contributed by atoms with E-state index in [4.69, 9.17) is 9.47 Å². The zero-order valence-electron chi connectivity index (χ0n) is 13.0. The van der Waals surface area contributed by atoms with Crippen LogP contribution in [0.5, 0.6) is 5.75 Å². The van der Waals surface area contributed by atoms with Crippen molar-refractivity contribution < 1.29 is 19.1 Å². The average molecular weight is 306 g/mol. The summed E-state index contributed by atoms with van der Waals surface area (Å²) < 4.78 is 9.93. The third-order valence-corrected chi connectivity index (χ3v) is 3.58. The molecular weight excluding hydrogens is 284 g/mol. The Morgan fingerprint density at radius 3 is 2.68 bits per heavy atom. The fraction of sp³-hybridized carbons (Fsp3) is 0.500. The molecule has 1 unspecified atom stereocenters. The molecule has 2 rings (SSSR count). The van der Waals surface area contributed by atoms with Crippen molar-refractivity contribution in [2.24, 2.45) is 0 Å². The second-order valence-corrected chi connectivity index (χ2v) is 5.22. The smallest absolute Gasteiger partial charge is 0.416 e. The molecule has 1 saturated heterocycles. The number of anilines is 1. The van der Waals surface area contributed by atoms with Gasteiger partial charge >= 0.3 is 6.09 Å². The maximum absolute atomic E-state index is 12.2. The van der Waals surface area contributed by atoms with Gasteiger partial charge in [0, 0.05) is 18.2 Å². The van der Waals surface area contributed by atoms with Crippen LogP contribution in [0.15, 0.2) is 24.3 Å². The molecule has 120 valence electrons. The molecule has 0 aromatic heterocycles. The number of amides is 2. The number of ether oxygens (including phenoxy) is 2. The Morgan fingerprint density at radius 2 is 2.14 bits per heavy atom. The van der Waals surface area contributed by atoms with Gasteiger partial charge in [-0.25, -0.2) is 9.69 Å². The molecule has 1 aromatic rings.